The number of aliphatic carboxylic acids is 2. The number of rotatable bonds is 2. The van der Waals surface area contributed by atoms with Crippen LogP contribution in [-0.4, -0.2) is 22.6 Å². The fraction of sp³-hybridized carbons (Fsp3) is 0.500. The van der Waals surface area contributed by atoms with Crippen LogP contribution in [0.2, 0.25) is 0 Å². The van der Waals surface area contributed by atoms with Gasteiger partial charge in [-0.1, -0.05) is 31.9 Å². The number of hydrogen-bond acceptors (Lipinski definition) is 4. The first-order valence-electron chi connectivity index (χ1n) is 2.06. The molecule has 0 aliphatic rings. The molecule has 0 aromatic rings. The van der Waals surface area contributed by atoms with Gasteiger partial charge in [0.15, 0.2) is 0 Å². The van der Waals surface area contributed by atoms with E-state index in [4.69, 9.17) is 0 Å². The van der Waals surface area contributed by atoms with Crippen LogP contribution in [0, 0.1) is 0 Å². The van der Waals surface area contributed by atoms with Crippen LogP contribution in [0.5, 0.6) is 0 Å². The van der Waals surface area contributed by atoms with Crippen LogP contribution in [-0.2, 0) is 29.1 Å². The minimum Gasteiger partial charge on any atom is -0.549 e. The van der Waals surface area contributed by atoms with E-state index in [2.05, 4.69) is 31.9 Å². The predicted octanol–water partition coefficient (Wildman–Crippen LogP) is -1.74. The number of carbonyl (C=O) groups is 2. The molecular weight excluding hydrogens is 337 g/mol. The Hall–Kier alpha value is 0.523. The summed E-state index contributed by atoms with van der Waals surface area (Å²) in [6, 6.07) is 0. The molecule has 0 rings (SSSR count). The number of halogens is 2. The monoisotopic (exact) mass is 338 g/mol. The van der Waals surface area contributed by atoms with E-state index in [1.54, 1.807) is 0 Å². The average Bonchev–Trinajstić information content (AvgIpc) is 1.89. The van der Waals surface area contributed by atoms with Gasteiger partial charge < -0.3 is 19.8 Å². The van der Waals surface area contributed by atoms with Crippen molar-refractivity contribution in [2.45, 2.75) is 0 Å². The Balaban J connectivity index is -0.000000107. The molecule has 11 heavy (non-hydrogen) atoms. The van der Waals surface area contributed by atoms with Crippen molar-refractivity contribution in [1.82, 2.24) is 0 Å². The second-order valence-corrected chi connectivity index (χ2v) is 2.13. The Morgan fingerprint density at radius 2 is 1.09 bits per heavy atom. The summed E-state index contributed by atoms with van der Waals surface area (Å²) < 4.78 is 0. The fourth-order valence-corrected chi connectivity index (χ4v) is 0. The van der Waals surface area contributed by atoms with E-state index in [0.29, 0.717) is 0 Å². The first-order valence-corrected chi connectivity index (χ1v) is 4.30. The minimum atomic E-state index is -1.08. The molecule has 0 aromatic carbocycles. The van der Waals surface area contributed by atoms with E-state index >= 15 is 0 Å². The van der Waals surface area contributed by atoms with Gasteiger partial charge in [0.25, 0.3) is 0 Å². The van der Waals surface area contributed by atoms with Gasteiger partial charge in [0.1, 0.15) is 0 Å². The normalized spacial score (nSPS) is 6.73. The van der Waals surface area contributed by atoms with Crippen molar-refractivity contribution in [3.63, 3.8) is 0 Å². The number of carboxylic acids is 2. The number of alkyl halides is 2. The smallest absolute Gasteiger partial charge is 0.549 e. The van der Waals surface area contributed by atoms with Crippen LogP contribution >= 0.6 is 31.9 Å². The van der Waals surface area contributed by atoms with E-state index in [1.807, 2.05) is 0 Å². The van der Waals surface area contributed by atoms with Crippen molar-refractivity contribution < 1.29 is 39.3 Å². The molecule has 0 bridgehead atoms. The van der Waals surface area contributed by atoms with Crippen LogP contribution in [0.4, 0.5) is 0 Å². The van der Waals surface area contributed by atoms with Gasteiger partial charge in [0.05, 0.1) is 11.9 Å². The topological polar surface area (TPSA) is 80.3 Å². The molecule has 0 saturated heterocycles. The summed E-state index contributed by atoms with van der Waals surface area (Å²) in [5, 5.41) is 18.3. The molecule has 0 radical (unpaired) electrons. The Kier molecular flexibility index (Phi) is 21.0. The maximum atomic E-state index is 9.21. The summed E-state index contributed by atoms with van der Waals surface area (Å²) in [5.41, 5.74) is 0. The molecule has 0 aliphatic heterocycles. The fourth-order valence-electron chi connectivity index (χ4n) is 0. The van der Waals surface area contributed by atoms with Crippen molar-refractivity contribution in [3.05, 3.63) is 0 Å². The zero-order valence-corrected chi connectivity index (χ0v) is 11.6. The van der Waals surface area contributed by atoms with Gasteiger partial charge in [0, 0.05) is 10.7 Å². The minimum absolute atomic E-state index is 0. The molecule has 0 spiro atoms. The molecule has 0 N–H and O–H groups in total. The molecule has 60 valence electrons. The zero-order valence-electron chi connectivity index (χ0n) is 5.51. The van der Waals surface area contributed by atoms with Gasteiger partial charge in [-0.3, -0.25) is 0 Å². The zero-order chi connectivity index (χ0) is 8.57. The van der Waals surface area contributed by atoms with E-state index in [9.17, 15) is 19.8 Å². The molecule has 0 aliphatic carbocycles. The van der Waals surface area contributed by atoms with Crippen LogP contribution in [0.3, 0.4) is 0 Å². The molecule has 4 nitrogen and oxygen atoms in total. The second kappa shape index (κ2) is 13.1. The number of hydrogen-bond donors (Lipinski definition) is 0. The summed E-state index contributed by atoms with van der Waals surface area (Å²) in [7, 11) is 0. The van der Waals surface area contributed by atoms with Gasteiger partial charge in [-0.15, -0.1) is 0 Å². The predicted molar refractivity (Wildman–Crippen MR) is 37.6 cm³/mol. The Morgan fingerprint density at radius 1 is 1.00 bits per heavy atom. The Bertz CT molecular complexity index is 105. The van der Waals surface area contributed by atoms with Crippen LogP contribution in [0.25, 0.3) is 0 Å². The third kappa shape index (κ3) is 37.4. The summed E-state index contributed by atoms with van der Waals surface area (Å²) in [6.07, 6.45) is 0. The van der Waals surface area contributed by atoms with Crippen LogP contribution < -0.4 is 10.2 Å². The van der Waals surface area contributed by atoms with Crippen LogP contribution in [0.1, 0.15) is 0 Å². The van der Waals surface area contributed by atoms with Crippen LogP contribution in [0.15, 0.2) is 0 Å². The summed E-state index contributed by atoms with van der Waals surface area (Å²) in [6.45, 7) is 0. The first kappa shape index (κ1) is 17.6. The van der Waals surface area contributed by atoms with E-state index in [0.717, 1.165) is 0 Å². The van der Waals surface area contributed by atoms with E-state index in [-0.39, 0.29) is 30.1 Å². The van der Waals surface area contributed by atoms with E-state index in [1.165, 1.54) is 0 Å². The molecule has 7 heteroatoms. The van der Waals surface area contributed by atoms with Gasteiger partial charge >= 0.3 is 19.5 Å². The average molecular weight is 341 g/mol. The van der Waals surface area contributed by atoms with Gasteiger partial charge in [-0.05, 0) is 0 Å². The van der Waals surface area contributed by atoms with Crippen molar-refractivity contribution in [2.75, 3.05) is 10.7 Å². The molecule has 0 unspecified atom stereocenters. The van der Waals surface area contributed by atoms with Gasteiger partial charge in [-0.25, -0.2) is 0 Å². The standard InChI is InChI=1S/2C2H3BrO2.Zn/c2*3-1-2(4)5;/h2*1H2,(H,4,5);/q;;+2/p-2. The molecule has 0 saturated carbocycles. The molecule has 0 amide bonds. The van der Waals surface area contributed by atoms with Crippen molar-refractivity contribution in [1.29, 1.82) is 0 Å². The summed E-state index contributed by atoms with van der Waals surface area (Å²) in [5.74, 6) is -2.16. The van der Waals surface area contributed by atoms with Crippen molar-refractivity contribution in [3.8, 4) is 0 Å². The molecule has 0 aromatic heterocycles. The summed E-state index contributed by atoms with van der Waals surface area (Å²) >= 11 is 5.30. The number of carboxylic acid groups (broad SMARTS) is 2. The Labute approximate surface area is 93.4 Å². The van der Waals surface area contributed by atoms with E-state index < -0.39 is 11.9 Å². The number of carbonyl (C=O) groups excluding carboxylic acids is 2. The quantitative estimate of drug-likeness (QED) is 0.441. The second-order valence-electron chi connectivity index (χ2n) is 1.01. The van der Waals surface area contributed by atoms with Crippen molar-refractivity contribution >= 4 is 43.8 Å². The molecule has 0 heterocycles. The Morgan fingerprint density at radius 3 is 1.09 bits per heavy atom. The van der Waals surface area contributed by atoms with Gasteiger partial charge in [0.2, 0.25) is 0 Å². The van der Waals surface area contributed by atoms with Crippen molar-refractivity contribution in [2.24, 2.45) is 0 Å². The first-order chi connectivity index (χ1) is 4.54. The summed E-state index contributed by atoms with van der Waals surface area (Å²) in [4.78, 5) is 18.4. The van der Waals surface area contributed by atoms with Gasteiger partial charge in [-0.2, -0.15) is 0 Å². The molecule has 0 fully saturated rings. The molecule has 0 atom stereocenters. The maximum Gasteiger partial charge on any atom is 2.00 e. The maximum absolute atomic E-state index is 9.21. The third-order valence-corrected chi connectivity index (χ3v) is 1.13. The third-order valence-electron chi connectivity index (χ3n) is 0.218. The largest absolute Gasteiger partial charge is 2.00 e. The SMILES string of the molecule is O=C([O-])CBr.O=C([O-])CBr.[Zn+2]. The molecular formula is C4H4Br2O4Zn.